The van der Waals surface area contributed by atoms with Crippen molar-refractivity contribution in [3.05, 3.63) is 54.0 Å². The predicted molar refractivity (Wildman–Crippen MR) is 116 cm³/mol. The molecule has 1 aromatic heterocycles. The van der Waals surface area contributed by atoms with Gasteiger partial charge in [0.05, 0.1) is 22.8 Å². The van der Waals surface area contributed by atoms with E-state index in [1.165, 1.54) is 18.4 Å². The quantitative estimate of drug-likeness (QED) is 0.630. The number of hydrogen-bond acceptors (Lipinski definition) is 5. The number of ether oxygens (including phenoxy) is 1. The first-order valence-corrected chi connectivity index (χ1v) is 11.9. The number of rotatable bonds is 6. The number of sulfone groups is 1. The first-order chi connectivity index (χ1) is 14.7. The topological polar surface area (TPSA) is 90.3 Å². The Balaban J connectivity index is 1.81. The molecule has 0 saturated heterocycles. The van der Waals surface area contributed by atoms with Crippen LogP contribution in [-0.4, -0.2) is 42.7 Å². The highest BCUT2D eigenvalue weighted by atomic mass is 32.2. The molecular weight excluding hydrogens is 421 g/mol. The molecular formula is C22H22FN3O4S. The van der Waals surface area contributed by atoms with E-state index in [4.69, 9.17) is 4.74 Å². The van der Waals surface area contributed by atoms with Gasteiger partial charge in [-0.05, 0) is 55.3 Å². The molecule has 1 aliphatic heterocycles. The Morgan fingerprint density at radius 1 is 1.16 bits per heavy atom. The number of carbonyl (C=O) groups excluding carboxylic acids is 1. The Bertz CT molecular complexity index is 1250. The highest BCUT2D eigenvalue weighted by Crippen LogP contribution is 2.39. The van der Waals surface area contributed by atoms with E-state index in [1.807, 2.05) is 19.1 Å². The number of aromatic nitrogens is 2. The van der Waals surface area contributed by atoms with E-state index in [2.05, 4.69) is 10.4 Å². The minimum absolute atomic E-state index is 0.0233. The zero-order valence-electron chi connectivity index (χ0n) is 17.2. The van der Waals surface area contributed by atoms with Crippen LogP contribution in [0.25, 0.3) is 22.4 Å². The van der Waals surface area contributed by atoms with Crippen LogP contribution in [0, 0.1) is 12.7 Å². The second-order valence-electron chi connectivity index (χ2n) is 7.57. The molecule has 1 N–H and O–H groups in total. The summed E-state index contributed by atoms with van der Waals surface area (Å²) in [6, 6.07) is 11.6. The van der Waals surface area contributed by atoms with E-state index in [0.717, 1.165) is 28.1 Å². The number of hydrogen-bond donors (Lipinski definition) is 1. The maximum Gasteiger partial charge on any atom is 0.262 e. The van der Waals surface area contributed by atoms with Crippen LogP contribution >= 0.6 is 0 Å². The average Bonchev–Trinajstić information content (AvgIpc) is 3.03. The van der Waals surface area contributed by atoms with E-state index in [-0.39, 0.29) is 24.1 Å². The fourth-order valence-corrected chi connectivity index (χ4v) is 4.36. The van der Waals surface area contributed by atoms with Crippen LogP contribution in [-0.2, 0) is 21.2 Å². The number of fused-ring (bicyclic) bond motifs is 1. The molecule has 0 aliphatic carbocycles. The fourth-order valence-electron chi connectivity index (χ4n) is 3.71. The number of benzene rings is 2. The zero-order valence-corrected chi connectivity index (χ0v) is 18.0. The van der Waals surface area contributed by atoms with Gasteiger partial charge in [-0.15, -0.1) is 0 Å². The maximum atomic E-state index is 13.5. The van der Waals surface area contributed by atoms with E-state index in [9.17, 15) is 17.6 Å². The van der Waals surface area contributed by atoms with Crippen molar-refractivity contribution >= 4 is 21.4 Å². The lowest BCUT2D eigenvalue weighted by molar-refractivity contribution is -0.118. The van der Waals surface area contributed by atoms with Gasteiger partial charge in [0, 0.05) is 23.9 Å². The number of carbonyl (C=O) groups is 1. The number of aryl methyl sites for hydroxylation is 2. The van der Waals surface area contributed by atoms with Crippen molar-refractivity contribution in [2.24, 2.45) is 0 Å². The minimum Gasteiger partial charge on any atom is -0.482 e. The molecule has 0 bridgehead atoms. The Morgan fingerprint density at radius 2 is 1.87 bits per heavy atom. The number of nitrogens with zero attached hydrogens (tertiary/aromatic N) is 2. The smallest absolute Gasteiger partial charge is 0.262 e. The van der Waals surface area contributed by atoms with E-state index >= 15 is 0 Å². The molecule has 4 rings (SSSR count). The van der Waals surface area contributed by atoms with Crippen LogP contribution in [0.3, 0.4) is 0 Å². The normalized spacial score (nSPS) is 13.5. The Kier molecular flexibility index (Phi) is 5.53. The van der Waals surface area contributed by atoms with Gasteiger partial charge >= 0.3 is 0 Å². The lowest BCUT2D eigenvalue weighted by Crippen LogP contribution is -2.25. The van der Waals surface area contributed by atoms with Gasteiger partial charge in [-0.2, -0.15) is 5.10 Å². The van der Waals surface area contributed by atoms with Gasteiger partial charge in [0.1, 0.15) is 21.4 Å². The van der Waals surface area contributed by atoms with Crippen LogP contribution in [0.4, 0.5) is 10.1 Å². The molecule has 0 radical (unpaired) electrons. The van der Waals surface area contributed by atoms with Crippen molar-refractivity contribution in [1.82, 2.24) is 9.78 Å². The van der Waals surface area contributed by atoms with Crippen LogP contribution in [0.15, 0.2) is 42.5 Å². The van der Waals surface area contributed by atoms with Gasteiger partial charge in [0.2, 0.25) is 0 Å². The van der Waals surface area contributed by atoms with Gasteiger partial charge < -0.3 is 10.1 Å². The Morgan fingerprint density at radius 3 is 2.58 bits per heavy atom. The van der Waals surface area contributed by atoms with Gasteiger partial charge in [-0.25, -0.2) is 12.8 Å². The molecule has 31 heavy (non-hydrogen) atoms. The van der Waals surface area contributed by atoms with E-state index < -0.39 is 9.84 Å². The molecule has 2 heterocycles. The SMILES string of the molecule is Cc1nn(CCCS(C)(=O)=O)c(-c2ccc(F)cc2)c1-c1ccc2c(c1)NC(=O)CO2. The second kappa shape index (κ2) is 8.14. The lowest BCUT2D eigenvalue weighted by atomic mass is 9.98. The summed E-state index contributed by atoms with van der Waals surface area (Å²) in [7, 11) is -3.09. The molecule has 1 aliphatic rings. The summed E-state index contributed by atoms with van der Waals surface area (Å²) < 4.78 is 43.9. The summed E-state index contributed by atoms with van der Waals surface area (Å²) in [6.07, 6.45) is 1.61. The molecule has 0 fully saturated rings. The number of nitrogens with one attached hydrogen (secondary N) is 1. The largest absolute Gasteiger partial charge is 0.482 e. The summed E-state index contributed by atoms with van der Waals surface area (Å²) in [4.78, 5) is 11.7. The number of halogens is 1. The van der Waals surface area contributed by atoms with E-state index in [1.54, 1.807) is 22.9 Å². The molecule has 0 saturated carbocycles. The summed E-state index contributed by atoms with van der Waals surface area (Å²) in [6.45, 7) is 2.24. The Hall–Kier alpha value is -3.20. The van der Waals surface area contributed by atoms with Crippen LogP contribution in [0.5, 0.6) is 5.75 Å². The van der Waals surface area contributed by atoms with E-state index in [0.29, 0.717) is 24.4 Å². The molecule has 3 aromatic rings. The van der Waals surface area contributed by atoms with Crippen LogP contribution < -0.4 is 10.1 Å². The van der Waals surface area contributed by atoms with Crippen molar-refractivity contribution in [2.45, 2.75) is 19.9 Å². The summed E-state index contributed by atoms with van der Waals surface area (Å²) >= 11 is 0. The highest BCUT2D eigenvalue weighted by Gasteiger charge is 2.22. The van der Waals surface area contributed by atoms with Crippen molar-refractivity contribution in [2.75, 3.05) is 23.9 Å². The standard InChI is InChI=1S/C22H22FN3O4S/c1-14-21(16-6-9-19-18(12-16)24-20(27)13-30-19)22(15-4-7-17(23)8-5-15)26(25-14)10-3-11-31(2,28)29/h4-9,12H,3,10-11,13H2,1-2H3,(H,24,27). The van der Waals surface area contributed by atoms with Crippen molar-refractivity contribution in [3.8, 4) is 28.1 Å². The third-order valence-electron chi connectivity index (χ3n) is 5.03. The number of amides is 1. The first-order valence-electron chi connectivity index (χ1n) is 9.79. The van der Waals surface area contributed by atoms with Crippen molar-refractivity contribution in [3.63, 3.8) is 0 Å². The third kappa shape index (κ3) is 4.61. The fraction of sp³-hybridized carbons (Fsp3) is 0.273. The highest BCUT2D eigenvalue weighted by molar-refractivity contribution is 7.90. The third-order valence-corrected chi connectivity index (χ3v) is 6.06. The van der Waals surface area contributed by atoms with Gasteiger partial charge in [0.15, 0.2) is 6.61 Å². The lowest BCUT2D eigenvalue weighted by Gasteiger charge is -2.19. The van der Waals surface area contributed by atoms with Gasteiger partial charge in [-0.3, -0.25) is 9.48 Å². The van der Waals surface area contributed by atoms with Gasteiger partial charge in [-0.1, -0.05) is 6.07 Å². The molecule has 0 spiro atoms. The predicted octanol–water partition coefficient (Wildman–Crippen LogP) is 3.43. The number of anilines is 1. The molecule has 2 aromatic carbocycles. The molecule has 7 nitrogen and oxygen atoms in total. The maximum absolute atomic E-state index is 13.5. The molecule has 0 atom stereocenters. The first kappa shape index (κ1) is 21.0. The van der Waals surface area contributed by atoms with Crippen molar-refractivity contribution in [1.29, 1.82) is 0 Å². The van der Waals surface area contributed by atoms with Crippen LogP contribution in [0.1, 0.15) is 12.1 Å². The monoisotopic (exact) mass is 443 g/mol. The molecule has 162 valence electrons. The average molecular weight is 444 g/mol. The summed E-state index contributed by atoms with van der Waals surface area (Å²) in [5, 5.41) is 7.45. The molecule has 9 heteroatoms. The van der Waals surface area contributed by atoms with Gasteiger partial charge in [0.25, 0.3) is 5.91 Å². The zero-order chi connectivity index (χ0) is 22.2. The van der Waals surface area contributed by atoms with Crippen molar-refractivity contribution < 1.29 is 22.3 Å². The minimum atomic E-state index is -3.09. The molecule has 0 unspecified atom stereocenters. The second-order valence-corrected chi connectivity index (χ2v) is 9.83. The molecule has 1 amide bonds. The van der Waals surface area contributed by atoms with Crippen LogP contribution in [0.2, 0.25) is 0 Å². The summed E-state index contributed by atoms with van der Waals surface area (Å²) in [5.41, 5.74) is 4.47. The summed E-state index contributed by atoms with van der Waals surface area (Å²) in [5.74, 6) is 0.0621. The Labute approximate surface area is 179 Å².